The number of carbonyl (C=O) groups is 1. The van der Waals surface area contributed by atoms with Crippen LogP contribution in [0.5, 0.6) is 0 Å². The number of hydrogen-bond donors (Lipinski definition) is 1. The van der Waals surface area contributed by atoms with Gasteiger partial charge in [0.1, 0.15) is 0 Å². The molecule has 55 valence electrons. The minimum absolute atomic E-state index is 0.0612. The molecule has 2 nitrogen and oxygen atoms in total. The third-order valence-electron chi connectivity index (χ3n) is 1.08. The van der Waals surface area contributed by atoms with E-state index in [2.05, 4.69) is 6.58 Å². The van der Waals surface area contributed by atoms with Crippen LogP contribution in [-0.2, 0) is 4.79 Å². The first-order chi connectivity index (χ1) is 4.70. The number of carboxylic acids is 1. The summed E-state index contributed by atoms with van der Waals surface area (Å²) in [5.74, 6) is -0.818. The van der Waals surface area contributed by atoms with Crippen LogP contribution in [0, 0.1) is 6.42 Å². The van der Waals surface area contributed by atoms with E-state index in [1.54, 1.807) is 12.5 Å². The molecule has 0 aliphatic rings. The topological polar surface area (TPSA) is 37.3 Å². The molecule has 2 heteroatoms. The van der Waals surface area contributed by atoms with Crippen LogP contribution < -0.4 is 0 Å². The summed E-state index contributed by atoms with van der Waals surface area (Å²) in [5, 5.41) is 8.26. The normalized spacial score (nSPS) is 11.1. The Hall–Kier alpha value is -1.05. The van der Waals surface area contributed by atoms with Crippen LogP contribution >= 0.6 is 0 Å². The molecule has 0 saturated carbocycles. The van der Waals surface area contributed by atoms with Gasteiger partial charge < -0.3 is 5.11 Å². The summed E-state index contributed by atoms with van der Waals surface area (Å²) in [6.45, 7) is 5.36. The highest BCUT2D eigenvalue weighted by Crippen LogP contribution is 2.03. The van der Waals surface area contributed by atoms with Crippen LogP contribution in [0.25, 0.3) is 0 Å². The minimum atomic E-state index is -0.818. The summed E-state index contributed by atoms with van der Waals surface area (Å²) in [7, 11) is 0. The van der Waals surface area contributed by atoms with Crippen LogP contribution in [0.4, 0.5) is 0 Å². The zero-order chi connectivity index (χ0) is 7.98. The van der Waals surface area contributed by atoms with Gasteiger partial charge >= 0.3 is 5.97 Å². The lowest BCUT2D eigenvalue weighted by Crippen LogP contribution is -1.94. The fourth-order valence-electron chi connectivity index (χ4n) is 0.524. The van der Waals surface area contributed by atoms with Crippen molar-refractivity contribution in [1.29, 1.82) is 0 Å². The number of aliphatic carboxylic acids is 1. The Morgan fingerprint density at radius 1 is 1.70 bits per heavy atom. The van der Waals surface area contributed by atoms with E-state index in [1.807, 2.05) is 13.0 Å². The molecular weight excluding hydrogens is 128 g/mol. The van der Waals surface area contributed by atoms with Gasteiger partial charge in [0.2, 0.25) is 0 Å². The quantitative estimate of drug-likeness (QED) is 0.603. The second-order valence-corrected chi connectivity index (χ2v) is 1.79. The monoisotopic (exact) mass is 139 g/mol. The SMILES string of the molecule is C=CC([CH]CC(=O)O)=CC. The van der Waals surface area contributed by atoms with Gasteiger partial charge in [-0.1, -0.05) is 18.7 Å². The highest BCUT2D eigenvalue weighted by atomic mass is 16.4. The van der Waals surface area contributed by atoms with Gasteiger partial charge in [0.15, 0.2) is 0 Å². The predicted octanol–water partition coefficient (Wildman–Crippen LogP) is 1.80. The Bertz CT molecular complexity index is 157. The fourth-order valence-corrected chi connectivity index (χ4v) is 0.524. The van der Waals surface area contributed by atoms with Crippen molar-refractivity contribution in [3.05, 3.63) is 30.7 Å². The molecule has 10 heavy (non-hydrogen) atoms. The van der Waals surface area contributed by atoms with Gasteiger partial charge in [-0.2, -0.15) is 0 Å². The summed E-state index contributed by atoms with van der Waals surface area (Å²) in [4.78, 5) is 10.0. The molecule has 0 atom stereocenters. The van der Waals surface area contributed by atoms with E-state index in [0.29, 0.717) is 0 Å². The summed E-state index contributed by atoms with van der Waals surface area (Å²) in [6.07, 6.45) is 5.12. The Kier molecular flexibility index (Phi) is 4.29. The lowest BCUT2D eigenvalue weighted by atomic mass is 10.1. The van der Waals surface area contributed by atoms with Crippen molar-refractivity contribution in [3.8, 4) is 0 Å². The standard InChI is InChI=1S/C8H11O2/c1-3-7(4-2)5-6-8(9)10/h3-5H,1,6H2,2H3,(H,9,10). The number of hydrogen-bond acceptors (Lipinski definition) is 1. The fraction of sp³-hybridized carbons (Fsp3) is 0.250. The molecule has 0 bridgehead atoms. The van der Waals surface area contributed by atoms with Crippen LogP contribution in [0.3, 0.4) is 0 Å². The number of carboxylic acid groups (broad SMARTS) is 1. The maximum Gasteiger partial charge on any atom is 0.303 e. The Balaban J connectivity index is 3.66. The molecule has 0 amide bonds. The van der Waals surface area contributed by atoms with E-state index >= 15 is 0 Å². The molecule has 0 fully saturated rings. The molecule has 0 heterocycles. The zero-order valence-electron chi connectivity index (χ0n) is 6.00. The number of rotatable bonds is 4. The van der Waals surface area contributed by atoms with E-state index in [9.17, 15) is 4.79 Å². The van der Waals surface area contributed by atoms with Gasteiger partial charge in [0.05, 0.1) is 6.42 Å². The van der Waals surface area contributed by atoms with E-state index in [0.717, 1.165) is 5.57 Å². The maximum absolute atomic E-state index is 10.0. The highest BCUT2D eigenvalue weighted by Gasteiger charge is 1.97. The summed E-state index contributed by atoms with van der Waals surface area (Å²) in [5.41, 5.74) is 0.863. The van der Waals surface area contributed by atoms with Crippen molar-refractivity contribution >= 4 is 5.97 Å². The van der Waals surface area contributed by atoms with Crippen LogP contribution in [0.2, 0.25) is 0 Å². The smallest absolute Gasteiger partial charge is 0.303 e. The van der Waals surface area contributed by atoms with Crippen molar-refractivity contribution in [3.63, 3.8) is 0 Å². The van der Waals surface area contributed by atoms with Crippen molar-refractivity contribution in [2.75, 3.05) is 0 Å². The zero-order valence-corrected chi connectivity index (χ0v) is 6.00. The first-order valence-electron chi connectivity index (χ1n) is 3.04. The second kappa shape index (κ2) is 4.79. The number of allylic oxidation sites excluding steroid dienone is 3. The molecule has 0 unspecified atom stereocenters. The van der Waals surface area contributed by atoms with Gasteiger partial charge in [0.25, 0.3) is 0 Å². The maximum atomic E-state index is 10.0. The molecule has 0 aromatic rings. The summed E-state index contributed by atoms with van der Waals surface area (Å²) in [6, 6.07) is 0. The molecule has 0 spiro atoms. The molecule has 0 aromatic carbocycles. The lowest BCUT2D eigenvalue weighted by Gasteiger charge is -1.94. The summed E-state index contributed by atoms with van der Waals surface area (Å²) < 4.78 is 0. The van der Waals surface area contributed by atoms with Crippen LogP contribution in [0.15, 0.2) is 24.3 Å². The van der Waals surface area contributed by atoms with Crippen molar-refractivity contribution in [2.24, 2.45) is 0 Å². The van der Waals surface area contributed by atoms with Gasteiger partial charge in [-0.05, 0) is 12.5 Å². The molecule has 1 N–H and O–H groups in total. The Morgan fingerprint density at radius 2 is 2.30 bits per heavy atom. The van der Waals surface area contributed by atoms with Crippen molar-refractivity contribution in [1.82, 2.24) is 0 Å². The van der Waals surface area contributed by atoms with Gasteiger partial charge in [-0.3, -0.25) is 4.79 Å². The third-order valence-corrected chi connectivity index (χ3v) is 1.08. The van der Waals surface area contributed by atoms with Gasteiger partial charge in [-0.25, -0.2) is 0 Å². The Morgan fingerprint density at radius 3 is 2.60 bits per heavy atom. The van der Waals surface area contributed by atoms with Crippen LogP contribution in [0.1, 0.15) is 13.3 Å². The first-order valence-corrected chi connectivity index (χ1v) is 3.04. The van der Waals surface area contributed by atoms with E-state index in [4.69, 9.17) is 5.11 Å². The van der Waals surface area contributed by atoms with Crippen molar-refractivity contribution < 1.29 is 9.90 Å². The highest BCUT2D eigenvalue weighted by molar-refractivity contribution is 5.69. The van der Waals surface area contributed by atoms with Crippen molar-refractivity contribution in [2.45, 2.75) is 13.3 Å². The largest absolute Gasteiger partial charge is 0.481 e. The average molecular weight is 139 g/mol. The average Bonchev–Trinajstić information content (AvgIpc) is 1.90. The minimum Gasteiger partial charge on any atom is -0.481 e. The van der Waals surface area contributed by atoms with Gasteiger partial charge in [0, 0.05) is 6.42 Å². The molecule has 0 aliphatic heterocycles. The lowest BCUT2D eigenvalue weighted by molar-refractivity contribution is -0.136. The molecule has 1 radical (unpaired) electrons. The molecule has 0 aliphatic carbocycles. The molecular formula is C8H11O2. The predicted molar refractivity (Wildman–Crippen MR) is 40.5 cm³/mol. The molecule has 0 rings (SSSR count). The molecule has 0 saturated heterocycles. The third kappa shape index (κ3) is 3.89. The Labute approximate surface area is 60.9 Å². The second-order valence-electron chi connectivity index (χ2n) is 1.79. The summed E-state index contributed by atoms with van der Waals surface area (Å²) >= 11 is 0. The van der Waals surface area contributed by atoms with E-state index in [-0.39, 0.29) is 6.42 Å². The first kappa shape index (κ1) is 8.95. The van der Waals surface area contributed by atoms with Gasteiger partial charge in [-0.15, -0.1) is 0 Å². The van der Waals surface area contributed by atoms with E-state index < -0.39 is 5.97 Å². The van der Waals surface area contributed by atoms with E-state index in [1.165, 1.54) is 0 Å². The van der Waals surface area contributed by atoms with Crippen LogP contribution in [-0.4, -0.2) is 11.1 Å². The molecule has 0 aromatic heterocycles.